The highest BCUT2D eigenvalue weighted by molar-refractivity contribution is 5.94. The number of hydrogen-bond acceptors (Lipinski definition) is 4. The van der Waals surface area contributed by atoms with Gasteiger partial charge in [-0.2, -0.15) is 4.98 Å². The van der Waals surface area contributed by atoms with Crippen LogP contribution in [0.2, 0.25) is 0 Å². The molecule has 2 aromatic heterocycles. The molecular weight excluding hydrogens is 420 g/mol. The smallest absolute Gasteiger partial charge is 0.257 e. The van der Waals surface area contributed by atoms with Crippen LogP contribution in [0.1, 0.15) is 26.3 Å². The first kappa shape index (κ1) is 21.0. The molecule has 0 bridgehead atoms. The standard InChI is InChI=1S/C26H23F2N5/c1-26(2,3)23-17(16-9-6-5-7-10-16)11-8-12-21(23)32(4)24-18-13-19(27)20(28)14-22(18)33-15-29-31-25(33)30-24/h5-15H,1-4H3. The van der Waals surface area contributed by atoms with Gasteiger partial charge in [0.05, 0.1) is 5.52 Å². The van der Waals surface area contributed by atoms with E-state index in [0.717, 1.165) is 28.4 Å². The predicted octanol–water partition coefficient (Wildman–Crippen LogP) is 6.29. The molecule has 2 heterocycles. The Labute approximate surface area is 190 Å². The second-order valence-corrected chi connectivity index (χ2v) is 9.09. The topological polar surface area (TPSA) is 46.3 Å². The molecule has 166 valence electrons. The molecule has 3 aromatic carbocycles. The molecule has 0 aliphatic heterocycles. The van der Waals surface area contributed by atoms with Crippen LogP contribution >= 0.6 is 0 Å². The summed E-state index contributed by atoms with van der Waals surface area (Å²) in [5.74, 6) is -1.08. The van der Waals surface area contributed by atoms with E-state index in [1.165, 1.54) is 12.4 Å². The van der Waals surface area contributed by atoms with E-state index in [1.807, 2.05) is 42.3 Å². The lowest BCUT2D eigenvalue weighted by molar-refractivity contribution is 0.510. The van der Waals surface area contributed by atoms with E-state index in [9.17, 15) is 8.78 Å². The summed E-state index contributed by atoms with van der Waals surface area (Å²) in [5.41, 5.74) is 4.50. The van der Waals surface area contributed by atoms with Gasteiger partial charge in [-0.1, -0.05) is 63.2 Å². The minimum Gasteiger partial charge on any atom is -0.328 e. The SMILES string of the molecule is CN(c1cccc(-c2ccccc2)c1C(C)(C)C)c1nc2nncn2c2cc(F)c(F)cc12. The zero-order chi connectivity index (χ0) is 23.3. The molecule has 0 saturated carbocycles. The van der Waals surface area contributed by atoms with Crippen molar-refractivity contribution in [3.63, 3.8) is 0 Å². The lowest BCUT2D eigenvalue weighted by Gasteiger charge is -2.31. The molecule has 0 unspecified atom stereocenters. The predicted molar refractivity (Wildman–Crippen MR) is 127 cm³/mol. The van der Waals surface area contributed by atoms with Crippen LogP contribution in [0.25, 0.3) is 27.8 Å². The van der Waals surface area contributed by atoms with Crippen LogP contribution in [0.15, 0.2) is 67.0 Å². The first-order chi connectivity index (χ1) is 15.8. The monoisotopic (exact) mass is 443 g/mol. The van der Waals surface area contributed by atoms with Gasteiger partial charge in [-0.3, -0.25) is 4.40 Å². The van der Waals surface area contributed by atoms with Crippen LogP contribution in [-0.2, 0) is 5.41 Å². The number of halogens is 2. The van der Waals surface area contributed by atoms with Gasteiger partial charge in [-0.05, 0) is 34.2 Å². The molecule has 5 aromatic rings. The van der Waals surface area contributed by atoms with E-state index in [-0.39, 0.29) is 5.41 Å². The van der Waals surface area contributed by atoms with Crippen molar-refractivity contribution in [2.45, 2.75) is 26.2 Å². The van der Waals surface area contributed by atoms with Gasteiger partial charge >= 0.3 is 0 Å². The quantitative estimate of drug-likeness (QED) is 0.329. The van der Waals surface area contributed by atoms with Crippen molar-refractivity contribution >= 4 is 28.2 Å². The Hall–Kier alpha value is -3.87. The van der Waals surface area contributed by atoms with Crippen LogP contribution in [0.4, 0.5) is 20.3 Å². The summed E-state index contributed by atoms with van der Waals surface area (Å²) in [6, 6.07) is 18.7. The average molecular weight is 444 g/mol. The molecule has 5 rings (SSSR count). The van der Waals surface area contributed by atoms with Gasteiger partial charge in [0, 0.05) is 24.2 Å². The Morgan fingerprint density at radius 1 is 0.909 bits per heavy atom. The zero-order valence-corrected chi connectivity index (χ0v) is 18.8. The van der Waals surface area contributed by atoms with Crippen LogP contribution in [-0.4, -0.2) is 26.6 Å². The lowest BCUT2D eigenvalue weighted by atomic mass is 9.80. The Balaban J connectivity index is 1.80. The third-order valence-corrected chi connectivity index (χ3v) is 5.83. The van der Waals surface area contributed by atoms with Gasteiger partial charge in [-0.15, -0.1) is 10.2 Å². The minimum absolute atomic E-state index is 0.206. The van der Waals surface area contributed by atoms with E-state index in [1.54, 1.807) is 4.40 Å². The normalized spacial score (nSPS) is 11.9. The molecule has 0 amide bonds. The highest BCUT2D eigenvalue weighted by atomic mass is 19.2. The highest BCUT2D eigenvalue weighted by Crippen LogP contribution is 2.42. The number of hydrogen-bond donors (Lipinski definition) is 0. The Morgan fingerprint density at radius 3 is 2.36 bits per heavy atom. The Morgan fingerprint density at radius 2 is 1.64 bits per heavy atom. The lowest BCUT2D eigenvalue weighted by Crippen LogP contribution is -2.21. The number of aromatic nitrogens is 4. The van der Waals surface area contributed by atoms with Gasteiger partial charge in [0.2, 0.25) is 0 Å². The molecule has 0 atom stereocenters. The summed E-state index contributed by atoms with van der Waals surface area (Å²) >= 11 is 0. The number of anilines is 2. The van der Waals surface area contributed by atoms with Gasteiger partial charge in [0.1, 0.15) is 12.1 Å². The van der Waals surface area contributed by atoms with Crippen molar-refractivity contribution in [1.82, 2.24) is 19.6 Å². The molecule has 7 heteroatoms. The van der Waals surface area contributed by atoms with Crippen molar-refractivity contribution in [3.8, 4) is 11.1 Å². The van der Waals surface area contributed by atoms with Crippen LogP contribution in [0, 0.1) is 11.6 Å². The molecule has 0 aliphatic carbocycles. The van der Waals surface area contributed by atoms with E-state index < -0.39 is 11.6 Å². The fraction of sp³-hybridized carbons (Fsp3) is 0.192. The molecule has 0 radical (unpaired) electrons. The third-order valence-electron chi connectivity index (χ3n) is 5.83. The van der Waals surface area contributed by atoms with Crippen molar-refractivity contribution in [2.75, 3.05) is 11.9 Å². The average Bonchev–Trinajstić information content (AvgIpc) is 3.27. The second-order valence-electron chi connectivity index (χ2n) is 9.09. The summed E-state index contributed by atoms with van der Waals surface area (Å²) in [4.78, 5) is 6.58. The van der Waals surface area contributed by atoms with Gasteiger partial charge in [-0.25, -0.2) is 8.78 Å². The molecule has 0 fully saturated rings. The van der Waals surface area contributed by atoms with Crippen molar-refractivity contribution in [2.24, 2.45) is 0 Å². The summed E-state index contributed by atoms with van der Waals surface area (Å²) < 4.78 is 30.0. The Bertz CT molecular complexity index is 1490. The van der Waals surface area contributed by atoms with Gasteiger partial charge in [0.25, 0.3) is 5.78 Å². The van der Waals surface area contributed by atoms with E-state index in [4.69, 9.17) is 0 Å². The van der Waals surface area contributed by atoms with Crippen molar-refractivity contribution < 1.29 is 8.78 Å². The van der Waals surface area contributed by atoms with E-state index in [0.29, 0.717) is 22.5 Å². The van der Waals surface area contributed by atoms with Crippen molar-refractivity contribution in [3.05, 3.63) is 84.2 Å². The summed E-state index contributed by atoms with van der Waals surface area (Å²) in [6.07, 6.45) is 1.45. The van der Waals surface area contributed by atoms with Crippen LogP contribution in [0.5, 0.6) is 0 Å². The number of nitrogens with zero attached hydrogens (tertiary/aromatic N) is 5. The largest absolute Gasteiger partial charge is 0.328 e. The summed E-state index contributed by atoms with van der Waals surface area (Å²) in [5, 5.41) is 8.42. The summed E-state index contributed by atoms with van der Waals surface area (Å²) in [6.45, 7) is 6.48. The first-order valence-electron chi connectivity index (χ1n) is 10.7. The zero-order valence-electron chi connectivity index (χ0n) is 18.8. The molecule has 0 N–H and O–H groups in total. The van der Waals surface area contributed by atoms with Crippen molar-refractivity contribution in [1.29, 1.82) is 0 Å². The highest BCUT2D eigenvalue weighted by Gasteiger charge is 2.26. The minimum atomic E-state index is -0.932. The maximum absolute atomic E-state index is 14.3. The second kappa shape index (κ2) is 7.62. The fourth-order valence-corrected chi connectivity index (χ4v) is 4.38. The number of benzene rings is 3. The molecular formula is C26H23F2N5. The van der Waals surface area contributed by atoms with Crippen LogP contribution in [0.3, 0.4) is 0 Å². The fourth-order valence-electron chi connectivity index (χ4n) is 4.38. The van der Waals surface area contributed by atoms with E-state index in [2.05, 4.69) is 54.2 Å². The van der Waals surface area contributed by atoms with Crippen LogP contribution < -0.4 is 4.90 Å². The Kier molecular flexibility index (Phi) is 4.85. The molecule has 0 saturated heterocycles. The molecule has 0 aliphatic rings. The molecule has 0 spiro atoms. The van der Waals surface area contributed by atoms with Gasteiger partial charge < -0.3 is 4.90 Å². The number of fused-ring (bicyclic) bond motifs is 3. The first-order valence-corrected chi connectivity index (χ1v) is 10.7. The molecule has 5 nitrogen and oxygen atoms in total. The maximum Gasteiger partial charge on any atom is 0.257 e. The summed E-state index contributed by atoms with van der Waals surface area (Å²) in [7, 11) is 1.88. The third kappa shape index (κ3) is 3.50. The maximum atomic E-state index is 14.3. The molecule has 33 heavy (non-hydrogen) atoms. The van der Waals surface area contributed by atoms with E-state index >= 15 is 0 Å². The van der Waals surface area contributed by atoms with Gasteiger partial charge in [0.15, 0.2) is 11.6 Å². The number of rotatable bonds is 3.